The highest BCUT2D eigenvalue weighted by Crippen LogP contribution is 2.18. The van der Waals surface area contributed by atoms with Crippen LogP contribution >= 0.6 is 0 Å². The third-order valence-corrected chi connectivity index (χ3v) is 2.60. The molecule has 0 unspecified atom stereocenters. The first kappa shape index (κ1) is 13.3. The Labute approximate surface area is 110 Å². The number of aryl methyl sites for hydroxylation is 1. The molecule has 0 saturated heterocycles. The van der Waals surface area contributed by atoms with Gasteiger partial charge in [0.15, 0.2) is 0 Å². The van der Waals surface area contributed by atoms with Crippen LogP contribution in [0.3, 0.4) is 0 Å². The molecule has 3 nitrogen and oxygen atoms in total. The SMILES string of the molecule is COc1cc(C)nc(CNc2cc(F)ccc2F)c1. The summed E-state index contributed by atoms with van der Waals surface area (Å²) in [6.45, 7) is 2.13. The Bertz CT molecular complexity index is 588. The molecule has 1 aromatic carbocycles. The van der Waals surface area contributed by atoms with Gasteiger partial charge in [-0.05, 0) is 25.1 Å². The largest absolute Gasteiger partial charge is 0.497 e. The van der Waals surface area contributed by atoms with Crippen molar-refractivity contribution in [1.29, 1.82) is 0 Å². The van der Waals surface area contributed by atoms with Crippen molar-refractivity contribution >= 4 is 5.69 Å². The Kier molecular flexibility index (Phi) is 3.94. The zero-order chi connectivity index (χ0) is 13.8. The third kappa shape index (κ3) is 3.40. The average Bonchev–Trinajstić information content (AvgIpc) is 2.39. The fourth-order valence-electron chi connectivity index (χ4n) is 1.73. The second kappa shape index (κ2) is 5.65. The van der Waals surface area contributed by atoms with Gasteiger partial charge in [0.05, 0.1) is 25.0 Å². The number of aromatic nitrogens is 1. The summed E-state index contributed by atoms with van der Waals surface area (Å²) in [5.41, 5.74) is 1.61. The first-order valence-electron chi connectivity index (χ1n) is 5.79. The molecule has 2 aromatic rings. The zero-order valence-corrected chi connectivity index (χ0v) is 10.7. The molecule has 0 fully saturated rings. The van der Waals surface area contributed by atoms with Gasteiger partial charge in [-0.3, -0.25) is 4.98 Å². The van der Waals surface area contributed by atoms with Crippen LogP contribution in [0.4, 0.5) is 14.5 Å². The van der Waals surface area contributed by atoms with E-state index in [0.717, 1.165) is 23.9 Å². The van der Waals surface area contributed by atoms with Crippen LogP contribution in [0, 0.1) is 18.6 Å². The molecule has 0 aliphatic heterocycles. The molecular weight excluding hydrogens is 250 g/mol. The lowest BCUT2D eigenvalue weighted by Crippen LogP contribution is -2.05. The highest BCUT2D eigenvalue weighted by Gasteiger charge is 2.05. The summed E-state index contributed by atoms with van der Waals surface area (Å²) < 4.78 is 31.6. The van der Waals surface area contributed by atoms with Gasteiger partial charge >= 0.3 is 0 Å². The predicted molar refractivity (Wildman–Crippen MR) is 69.2 cm³/mol. The molecule has 0 saturated carbocycles. The van der Waals surface area contributed by atoms with Gasteiger partial charge < -0.3 is 10.1 Å². The number of nitrogens with one attached hydrogen (secondary N) is 1. The van der Waals surface area contributed by atoms with Gasteiger partial charge in [0.1, 0.15) is 17.4 Å². The first-order valence-corrected chi connectivity index (χ1v) is 5.79. The number of nitrogens with zero attached hydrogens (tertiary/aromatic N) is 1. The van der Waals surface area contributed by atoms with Crippen LogP contribution in [-0.2, 0) is 6.54 Å². The highest BCUT2D eigenvalue weighted by atomic mass is 19.1. The Hall–Kier alpha value is -2.17. The molecule has 100 valence electrons. The molecule has 0 bridgehead atoms. The van der Waals surface area contributed by atoms with Crippen molar-refractivity contribution < 1.29 is 13.5 Å². The lowest BCUT2D eigenvalue weighted by Gasteiger charge is -2.09. The Morgan fingerprint density at radius 3 is 2.74 bits per heavy atom. The van der Waals surface area contributed by atoms with E-state index in [0.29, 0.717) is 18.0 Å². The second-order valence-electron chi connectivity index (χ2n) is 4.12. The summed E-state index contributed by atoms with van der Waals surface area (Å²) in [6.07, 6.45) is 0. The number of methoxy groups -OCH3 is 1. The normalized spacial score (nSPS) is 10.3. The molecule has 1 heterocycles. The summed E-state index contributed by atoms with van der Waals surface area (Å²) in [4.78, 5) is 4.29. The highest BCUT2D eigenvalue weighted by molar-refractivity contribution is 5.45. The summed E-state index contributed by atoms with van der Waals surface area (Å²) >= 11 is 0. The number of ether oxygens (including phenoxy) is 1. The van der Waals surface area contributed by atoms with Crippen LogP contribution in [0.1, 0.15) is 11.4 Å². The van der Waals surface area contributed by atoms with Crippen molar-refractivity contribution in [3.63, 3.8) is 0 Å². The Balaban J connectivity index is 2.14. The van der Waals surface area contributed by atoms with Gasteiger partial charge in [-0.2, -0.15) is 0 Å². The van der Waals surface area contributed by atoms with Crippen LogP contribution < -0.4 is 10.1 Å². The van der Waals surface area contributed by atoms with Gasteiger partial charge in [-0.1, -0.05) is 0 Å². The van der Waals surface area contributed by atoms with Crippen LogP contribution in [0.15, 0.2) is 30.3 Å². The van der Waals surface area contributed by atoms with Crippen molar-refractivity contribution in [3.8, 4) is 5.75 Å². The summed E-state index contributed by atoms with van der Waals surface area (Å²) in [6, 6.07) is 6.82. The van der Waals surface area contributed by atoms with Crippen molar-refractivity contribution in [2.75, 3.05) is 12.4 Å². The van der Waals surface area contributed by atoms with E-state index in [-0.39, 0.29) is 5.69 Å². The molecule has 1 aromatic heterocycles. The van der Waals surface area contributed by atoms with Gasteiger partial charge in [0, 0.05) is 17.8 Å². The maximum Gasteiger partial charge on any atom is 0.146 e. The fraction of sp³-hybridized carbons (Fsp3) is 0.214. The van der Waals surface area contributed by atoms with Crippen molar-refractivity contribution in [2.45, 2.75) is 13.5 Å². The molecule has 0 aliphatic rings. The number of hydrogen-bond donors (Lipinski definition) is 1. The topological polar surface area (TPSA) is 34.1 Å². The molecule has 5 heteroatoms. The van der Waals surface area contributed by atoms with E-state index >= 15 is 0 Å². The maximum absolute atomic E-state index is 13.4. The minimum Gasteiger partial charge on any atom is -0.497 e. The molecule has 0 aliphatic carbocycles. The Morgan fingerprint density at radius 1 is 1.21 bits per heavy atom. The number of pyridine rings is 1. The number of halogens is 2. The van der Waals surface area contributed by atoms with E-state index in [1.54, 1.807) is 19.2 Å². The molecule has 0 amide bonds. The molecular formula is C14H14F2N2O. The van der Waals surface area contributed by atoms with E-state index < -0.39 is 11.6 Å². The van der Waals surface area contributed by atoms with E-state index in [1.165, 1.54) is 0 Å². The summed E-state index contributed by atoms with van der Waals surface area (Å²) in [5, 5.41) is 2.82. The first-order chi connectivity index (χ1) is 9.08. The molecule has 2 rings (SSSR count). The molecule has 0 spiro atoms. The van der Waals surface area contributed by atoms with Crippen LogP contribution in [0.5, 0.6) is 5.75 Å². The monoisotopic (exact) mass is 264 g/mol. The van der Waals surface area contributed by atoms with Gasteiger partial charge in [-0.15, -0.1) is 0 Å². The van der Waals surface area contributed by atoms with Gasteiger partial charge in [0.25, 0.3) is 0 Å². The van der Waals surface area contributed by atoms with Crippen LogP contribution in [-0.4, -0.2) is 12.1 Å². The molecule has 1 N–H and O–H groups in total. The average molecular weight is 264 g/mol. The van der Waals surface area contributed by atoms with Gasteiger partial charge in [-0.25, -0.2) is 8.78 Å². The van der Waals surface area contributed by atoms with E-state index in [1.807, 2.05) is 6.92 Å². The lowest BCUT2D eigenvalue weighted by molar-refractivity contribution is 0.413. The molecule has 0 atom stereocenters. The molecule has 19 heavy (non-hydrogen) atoms. The smallest absolute Gasteiger partial charge is 0.146 e. The van der Waals surface area contributed by atoms with Crippen LogP contribution in [0.25, 0.3) is 0 Å². The quantitative estimate of drug-likeness (QED) is 0.920. The summed E-state index contributed by atoms with van der Waals surface area (Å²) in [5.74, 6) is -0.302. The minimum absolute atomic E-state index is 0.113. The van der Waals surface area contributed by atoms with Crippen LogP contribution in [0.2, 0.25) is 0 Å². The lowest BCUT2D eigenvalue weighted by atomic mass is 10.2. The van der Waals surface area contributed by atoms with Crippen molar-refractivity contribution in [3.05, 3.63) is 53.4 Å². The minimum atomic E-state index is -0.499. The summed E-state index contributed by atoms with van der Waals surface area (Å²) in [7, 11) is 1.57. The van der Waals surface area contributed by atoms with Gasteiger partial charge in [0.2, 0.25) is 0 Å². The third-order valence-electron chi connectivity index (χ3n) is 2.60. The molecule has 0 radical (unpaired) electrons. The number of hydrogen-bond acceptors (Lipinski definition) is 3. The van der Waals surface area contributed by atoms with E-state index in [4.69, 9.17) is 4.74 Å². The number of rotatable bonds is 4. The Morgan fingerprint density at radius 2 is 2.00 bits per heavy atom. The zero-order valence-electron chi connectivity index (χ0n) is 10.7. The second-order valence-corrected chi connectivity index (χ2v) is 4.12. The number of benzene rings is 1. The van der Waals surface area contributed by atoms with Crippen molar-refractivity contribution in [2.24, 2.45) is 0 Å². The van der Waals surface area contributed by atoms with Crippen molar-refractivity contribution in [1.82, 2.24) is 4.98 Å². The standard InChI is InChI=1S/C14H14F2N2O/c1-9-5-12(19-2)7-11(18-9)8-17-14-6-10(15)3-4-13(14)16/h3-7,17H,8H2,1-2H3. The number of anilines is 1. The van der Waals surface area contributed by atoms with E-state index in [2.05, 4.69) is 10.3 Å². The van der Waals surface area contributed by atoms with E-state index in [9.17, 15) is 8.78 Å². The maximum atomic E-state index is 13.4. The predicted octanol–water partition coefficient (Wildman–Crippen LogP) is 3.29. The fourth-order valence-corrected chi connectivity index (χ4v) is 1.73.